The summed E-state index contributed by atoms with van der Waals surface area (Å²) in [4.78, 5) is 0. The average Bonchev–Trinajstić information content (AvgIpc) is 3.27. The molecule has 1 fully saturated rings. The molecule has 4 rings (SSSR count). The maximum atomic E-state index is 4.34. The minimum Gasteiger partial charge on any atom is -0.248 e. The van der Waals surface area contributed by atoms with Crippen LogP contribution in [0.4, 0.5) is 0 Å². The monoisotopic (exact) mass is 307 g/mol. The molecule has 120 valence electrons. The molecule has 3 heteroatoms. The smallest absolute Gasteiger partial charge is 0.0827 e. The van der Waals surface area contributed by atoms with Gasteiger partial charge in [-0.05, 0) is 62.3 Å². The zero-order chi connectivity index (χ0) is 15.6. The predicted molar refractivity (Wildman–Crippen MR) is 92.1 cm³/mol. The number of hydrogen-bond donors (Lipinski definition) is 0. The summed E-state index contributed by atoms with van der Waals surface area (Å²) in [5.74, 6) is 2.69. The summed E-state index contributed by atoms with van der Waals surface area (Å²) in [7, 11) is 0. The van der Waals surface area contributed by atoms with Gasteiger partial charge in [0.2, 0.25) is 0 Å². The third-order valence-electron chi connectivity index (χ3n) is 5.48. The van der Waals surface area contributed by atoms with Gasteiger partial charge in [0.25, 0.3) is 0 Å². The molecule has 0 amide bonds. The van der Waals surface area contributed by atoms with Crippen LogP contribution >= 0.6 is 0 Å². The van der Waals surface area contributed by atoms with Crippen LogP contribution in [0.25, 0.3) is 0 Å². The quantitative estimate of drug-likeness (QED) is 0.750. The van der Waals surface area contributed by atoms with E-state index in [2.05, 4.69) is 59.9 Å². The summed E-state index contributed by atoms with van der Waals surface area (Å²) in [5.41, 5.74) is 3.71. The van der Waals surface area contributed by atoms with Gasteiger partial charge < -0.3 is 0 Å². The van der Waals surface area contributed by atoms with E-state index in [0.717, 1.165) is 36.4 Å². The Labute approximate surface area is 138 Å². The second-order valence-electron chi connectivity index (χ2n) is 7.33. The van der Waals surface area contributed by atoms with E-state index in [0.29, 0.717) is 0 Å². The van der Waals surface area contributed by atoms with Gasteiger partial charge in [0.15, 0.2) is 0 Å². The fourth-order valence-electron chi connectivity index (χ4n) is 4.18. The van der Waals surface area contributed by atoms with Crippen LogP contribution in [0, 0.1) is 24.7 Å². The van der Waals surface area contributed by atoms with Crippen molar-refractivity contribution in [2.75, 3.05) is 0 Å². The molecule has 3 unspecified atom stereocenters. The first kappa shape index (κ1) is 14.7. The maximum Gasteiger partial charge on any atom is 0.0827 e. The predicted octanol–water partition coefficient (Wildman–Crippen LogP) is 4.17. The first-order valence-corrected chi connectivity index (χ1v) is 8.89. The summed E-state index contributed by atoms with van der Waals surface area (Å²) in [6.07, 6.45) is 13.5. The summed E-state index contributed by atoms with van der Waals surface area (Å²) in [6.45, 7) is 2.92. The van der Waals surface area contributed by atoms with E-state index in [1.54, 1.807) is 0 Å². The van der Waals surface area contributed by atoms with Crippen molar-refractivity contribution in [1.29, 1.82) is 0 Å². The lowest BCUT2D eigenvalue weighted by atomic mass is 9.89. The number of rotatable bonds is 6. The molecule has 2 aliphatic rings. The molecule has 23 heavy (non-hydrogen) atoms. The van der Waals surface area contributed by atoms with E-state index in [1.165, 1.54) is 36.8 Å². The highest BCUT2D eigenvalue weighted by Crippen LogP contribution is 2.45. The molecule has 2 aromatic rings. The number of aromatic nitrogens is 3. The molecule has 2 bridgehead atoms. The number of hydrogen-bond acceptors (Lipinski definition) is 2. The van der Waals surface area contributed by atoms with Crippen molar-refractivity contribution in [3.05, 3.63) is 59.4 Å². The highest BCUT2D eigenvalue weighted by Gasteiger charge is 2.34. The molecular weight excluding hydrogens is 282 g/mol. The standard InChI is InChI=1S/C20H25N3/c1-15-5-7-16(8-6-15)13-23-14-20(21-22-23)4-2-3-18-11-17-9-10-19(18)12-17/h5-10,14,17-19H,2-4,11-13H2,1H3. The lowest BCUT2D eigenvalue weighted by Gasteiger charge is -2.17. The number of allylic oxidation sites excluding steroid dienone is 2. The van der Waals surface area contributed by atoms with Crippen molar-refractivity contribution in [3.63, 3.8) is 0 Å². The van der Waals surface area contributed by atoms with Crippen LogP contribution in [-0.2, 0) is 13.0 Å². The van der Waals surface area contributed by atoms with Crippen LogP contribution < -0.4 is 0 Å². The van der Waals surface area contributed by atoms with Crippen LogP contribution in [0.3, 0.4) is 0 Å². The van der Waals surface area contributed by atoms with Gasteiger partial charge in [-0.25, -0.2) is 4.68 Å². The van der Waals surface area contributed by atoms with Crippen LogP contribution in [-0.4, -0.2) is 15.0 Å². The molecule has 0 saturated heterocycles. The van der Waals surface area contributed by atoms with Crippen LogP contribution in [0.1, 0.15) is 42.5 Å². The van der Waals surface area contributed by atoms with Gasteiger partial charge in [-0.2, -0.15) is 0 Å². The van der Waals surface area contributed by atoms with Crippen molar-refractivity contribution in [1.82, 2.24) is 15.0 Å². The van der Waals surface area contributed by atoms with Gasteiger partial charge in [-0.1, -0.05) is 47.2 Å². The maximum absolute atomic E-state index is 4.34. The highest BCUT2D eigenvalue weighted by atomic mass is 15.4. The Bertz CT molecular complexity index is 683. The van der Waals surface area contributed by atoms with Crippen molar-refractivity contribution in [2.24, 2.45) is 17.8 Å². The summed E-state index contributed by atoms with van der Waals surface area (Å²) in [6, 6.07) is 8.63. The zero-order valence-corrected chi connectivity index (χ0v) is 13.9. The number of fused-ring (bicyclic) bond motifs is 2. The lowest BCUT2D eigenvalue weighted by molar-refractivity contribution is 0.403. The minimum absolute atomic E-state index is 0.810. The van der Waals surface area contributed by atoms with E-state index in [9.17, 15) is 0 Å². The topological polar surface area (TPSA) is 30.7 Å². The van der Waals surface area contributed by atoms with E-state index in [-0.39, 0.29) is 0 Å². The zero-order valence-electron chi connectivity index (χ0n) is 13.9. The Morgan fingerprint density at radius 1 is 1.13 bits per heavy atom. The van der Waals surface area contributed by atoms with E-state index >= 15 is 0 Å². The Kier molecular flexibility index (Phi) is 4.02. The molecule has 1 aromatic carbocycles. The van der Waals surface area contributed by atoms with E-state index in [1.807, 2.05) is 4.68 Å². The Balaban J connectivity index is 1.26. The molecule has 1 saturated carbocycles. The molecule has 1 heterocycles. The second-order valence-corrected chi connectivity index (χ2v) is 7.33. The molecule has 1 aromatic heterocycles. The summed E-state index contributed by atoms with van der Waals surface area (Å²) < 4.78 is 1.96. The molecule has 0 spiro atoms. The van der Waals surface area contributed by atoms with Gasteiger partial charge in [-0.15, -0.1) is 5.10 Å². The first-order chi connectivity index (χ1) is 11.3. The SMILES string of the molecule is Cc1ccc(Cn2cc(CCCC3CC4C=CC3C4)nn2)cc1. The van der Waals surface area contributed by atoms with Crippen molar-refractivity contribution >= 4 is 0 Å². The van der Waals surface area contributed by atoms with Crippen LogP contribution in [0.15, 0.2) is 42.6 Å². The van der Waals surface area contributed by atoms with Crippen molar-refractivity contribution in [2.45, 2.75) is 45.6 Å². The molecule has 0 aliphatic heterocycles. The Morgan fingerprint density at radius 2 is 2.00 bits per heavy atom. The van der Waals surface area contributed by atoms with E-state index < -0.39 is 0 Å². The largest absolute Gasteiger partial charge is 0.248 e. The van der Waals surface area contributed by atoms with Crippen molar-refractivity contribution in [3.8, 4) is 0 Å². The number of nitrogens with zero attached hydrogens (tertiary/aromatic N) is 3. The molecule has 0 N–H and O–H groups in total. The lowest BCUT2D eigenvalue weighted by Crippen LogP contribution is -2.07. The van der Waals surface area contributed by atoms with Gasteiger partial charge in [-0.3, -0.25) is 0 Å². The van der Waals surface area contributed by atoms with Crippen LogP contribution in [0.5, 0.6) is 0 Å². The molecule has 3 atom stereocenters. The highest BCUT2D eigenvalue weighted by molar-refractivity contribution is 5.21. The fourth-order valence-corrected chi connectivity index (χ4v) is 4.18. The molecule has 0 radical (unpaired) electrons. The third kappa shape index (κ3) is 3.39. The van der Waals surface area contributed by atoms with Gasteiger partial charge in [0.1, 0.15) is 0 Å². The molecule has 3 nitrogen and oxygen atoms in total. The molecule has 2 aliphatic carbocycles. The third-order valence-corrected chi connectivity index (χ3v) is 5.48. The van der Waals surface area contributed by atoms with Crippen LogP contribution in [0.2, 0.25) is 0 Å². The summed E-state index contributed by atoms with van der Waals surface area (Å²) >= 11 is 0. The normalized spacial score (nSPS) is 25.3. The number of benzene rings is 1. The van der Waals surface area contributed by atoms with Crippen molar-refractivity contribution < 1.29 is 0 Å². The van der Waals surface area contributed by atoms with Gasteiger partial charge >= 0.3 is 0 Å². The Morgan fingerprint density at radius 3 is 2.74 bits per heavy atom. The summed E-state index contributed by atoms with van der Waals surface area (Å²) in [5, 5.41) is 8.62. The number of aryl methyl sites for hydroxylation is 2. The average molecular weight is 307 g/mol. The fraction of sp³-hybridized carbons (Fsp3) is 0.500. The first-order valence-electron chi connectivity index (χ1n) is 8.89. The minimum atomic E-state index is 0.810. The second kappa shape index (κ2) is 6.31. The van der Waals surface area contributed by atoms with Gasteiger partial charge in [0, 0.05) is 6.20 Å². The Hall–Kier alpha value is -1.90. The van der Waals surface area contributed by atoms with Gasteiger partial charge in [0.05, 0.1) is 12.2 Å². The molecular formula is C20H25N3. The van der Waals surface area contributed by atoms with E-state index in [4.69, 9.17) is 0 Å².